The van der Waals surface area contributed by atoms with Gasteiger partial charge in [-0.05, 0) is 38.5 Å². The van der Waals surface area contributed by atoms with Crippen LogP contribution in [0.2, 0.25) is 0 Å². The van der Waals surface area contributed by atoms with Gasteiger partial charge in [0.05, 0.1) is 12.2 Å². The molecule has 20 heavy (non-hydrogen) atoms. The van der Waals surface area contributed by atoms with E-state index in [0.717, 1.165) is 32.2 Å². The fourth-order valence-electron chi connectivity index (χ4n) is 3.36. The fraction of sp³-hybridized carbons (Fsp3) is 0.938. The minimum Gasteiger partial charge on any atom is -0.393 e. The lowest BCUT2D eigenvalue weighted by molar-refractivity contribution is -0.146. The molecule has 2 fully saturated rings. The van der Waals surface area contributed by atoms with Crippen LogP contribution in [-0.4, -0.2) is 47.8 Å². The Balaban J connectivity index is 1.72. The summed E-state index contributed by atoms with van der Waals surface area (Å²) < 4.78 is 5.97. The van der Waals surface area contributed by atoms with Crippen molar-refractivity contribution in [2.45, 2.75) is 76.6 Å². The molecule has 0 aromatic rings. The Labute approximate surface area is 122 Å². The van der Waals surface area contributed by atoms with E-state index in [2.05, 4.69) is 0 Å². The Bertz CT molecular complexity index is 307. The first-order chi connectivity index (χ1) is 9.56. The zero-order valence-electron chi connectivity index (χ0n) is 12.9. The Morgan fingerprint density at radius 1 is 1.25 bits per heavy atom. The van der Waals surface area contributed by atoms with Crippen LogP contribution in [0.3, 0.4) is 0 Å². The van der Waals surface area contributed by atoms with Crippen LogP contribution in [0.5, 0.6) is 0 Å². The Morgan fingerprint density at radius 2 is 1.85 bits per heavy atom. The molecule has 0 aromatic heterocycles. The van der Waals surface area contributed by atoms with E-state index in [1.165, 1.54) is 25.7 Å². The zero-order valence-corrected chi connectivity index (χ0v) is 12.9. The summed E-state index contributed by atoms with van der Waals surface area (Å²) in [6.07, 6.45) is 8.66. The summed E-state index contributed by atoms with van der Waals surface area (Å²) in [5.74, 6) is 0.541. The van der Waals surface area contributed by atoms with Crippen molar-refractivity contribution in [2.75, 3.05) is 13.6 Å². The number of rotatable bonds is 5. The molecule has 2 aliphatic carbocycles. The van der Waals surface area contributed by atoms with Gasteiger partial charge >= 0.3 is 0 Å². The van der Waals surface area contributed by atoms with Crippen LogP contribution >= 0.6 is 0 Å². The minimum atomic E-state index is -0.340. The van der Waals surface area contributed by atoms with E-state index in [9.17, 15) is 9.90 Å². The maximum Gasteiger partial charge on any atom is 0.251 e. The van der Waals surface area contributed by atoms with Crippen LogP contribution in [0.25, 0.3) is 0 Å². The molecule has 4 heteroatoms. The second-order valence-corrected chi connectivity index (χ2v) is 6.60. The minimum absolute atomic E-state index is 0.0793. The third kappa shape index (κ3) is 4.45. The van der Waals surface area contributed by atoms with Gasteiger partial charge < -0.3 is 14.7 Å². The first-order valence-electron chi connectivity index (χ1n) is 8.14. The molecular formula is C16H29NO3. The summed E-state index contributed by atoms with van der Waals surface area (Å²) in [6.45, 7) is 2.62. The van der Waals surface area contributed by atoms with Gasteiger partial charge in [-0.1, -0.05) is 25.7 Å². The molecular weight excluding hydrogens is 254 g/mol. The Hall–Kier alpha value is -0.610. The van der Waals surface area contributed by atoms with Crippen LogP contribution in [0.4, 0.5) is 0 Å². The highest BCUT2D eigenvalue weighted by Gasteiger charge is 2.30. The highest BCUT2D eigenvalue weighted by molar-refractivity contribution is 5.80. The summed E-state index contributed by atoms with van der Waals surface area (Å²) in [5.41, 5.74) is 0. The molecule has 116 valence electrons. The van der Waals surface area contributed by atoms with Gasteiger partial charge in [-0.2, -0.15) is 0 Å². The molecule has 0 bridgehead atoms. The largest absolute Gasteiger partial charge is 0.393 e. The summed E-state index contributed by atoms with van der Waals surface area (Å²) in [5, 5.41) is 9.29. The molecule has 0 unspecified atom stereocenters. The smallest absolute Gasteiger partial charge is 0.251 e. The number of hydrogen-bond acceptors (Lipinski definition) is 3. The predicted octanol–water partition coefficient (Wildman–Crippen LogP) is 2.34. The maximum atomic E-state index is 12.3. The van der Waals surface area contributed by atoms with Gasteiger partial charge in [-0.25, -0.2) is 0 Å². The number of likely N-dealkylation sites (N-methyl/N-ethyl adjacent to an activating group) is 1. The van der Waals surface area contributed by atoms with Gasteiger partial charge in [0, 0.05) is 13.6 Å². The van der Waals surface area contributed by atoms with E-state index in [4.69, 9.17) is 4.74 Å². The molecule has 0 aliphatic heterocycles. The standard InChI is InChI=1S/C16H29NO3/c1-12(20-15-7-5-3-4-6-8-15)16(19)17(2)11-13-9-14(18)10-13/h12-15,18H,3-11H2,1-2H3/t12-,13?,14?/m0/s1. The molecule has 1 N–H and O–H groups in total. The van der Waals surface area contributed by atoms with Gasteiger partial charge in [0.25, 0.3) is 5.91 Å². The van der Waals surface area contributed by atoms with Gasteiger partial charge in [0.15, 0.2) is 0 Å². The molecule has 0 spiro atoms. The average Bonchev–Trinajstić information content (AvgIpc) is 2.64. The summed E-state index contributed by atoms with van der Waals surface area (Å²) in [6, 6.07) is 0. The van der Waals surface area contributed by atoms with E-state index in [1.54, 1.807) is 4.90 Å². The number of nitrogens with zero attached hydrogens (tertiary/aromatic N) is 1. The highest BCUT2D eigenvalue weighted by Crippen LogP contribution is 2.28. The average molecular weight is 283 g/mol. The van der Waals surface area contributed by atoms with E-state index in [0.29, 0.717) is 5.92 Å². The molecule has 1 atom stereocenters. The van der Waals surface area contributed by atoms with Crippen LogP contribution in [-0.2, 0) is 9.53 Å². The van der Waals surface area contributed by atoms with Crippen molar-refractivity contribution < 1.29 is 14.6 Å². The second kappa shape index (κ2) is 7.41. The van der Waals surface area contributed by atoms with Crippen molar-refractivity contribution in [3.05, 3.63) is 0 Å². The molecule has 2 rings (SSSR count). The van der Waals surface area contributed by atoms with E-state index >= 15 is 0 Å². The lowest BCUT2D eigenvalue weighted by atomic mass is 9.82. The normalized spacial score (nSPS) is 29.4. The number of carbonyl (C=O) groups excluding carboxylic acids is 1. The monoisotopic (exact) mass is 283 g/mol. The number of ether oxygens (including phenoxy) is 1. The molecule has 0 heterocycles. The number of hydrogen-bond donors (Lipinski definition) is 1. The van der Waals surface area contributed by atoms with Gasteiger partial charge in [-0.15, -0.1) is 0 Å². The van der Waals surface area contributed by atoms with Crippen molar-refractivity contribution in [1.82, 2.24) is 4.90 Å². The fourth-order valence-corrected chi connectivity index (χ4v) is 3.36. The highest BCUT2D eigenvalue weighted by atomic mass is 16.5. The molecule has 1 amide bonds. The lowest BCUT2D eigenvalue weighted by Crippen LogP contribution is -2.44. The molecule has 4 nitrogen and oxygen atoms in total. The second-order valence-electron chi connectivity index (χ2n) is 6.60. The first kappa shape index (κ1) is 15.8. The Kier molecular flexibility index (Phi) is 5.85. The summed E-state index contributed by atoms with van der Waals surface area (Å²) >= 11 is 0. The van der Waals surface area contributed by atoms with Crippen LogP contribution in [0, 0.1) is 5.92 Å². The van der Waals surface area contributed by atoms with E-state index < -0.39 is 0 Å². The van der Waals surface area contributed by atoms with Crippen molar-refractivity contribution >= 4 is 5.91 Å². The number of carbonyl (C=O) groups is 1. The summed E-state index contributed by atoms with van der Waals surface area (Å²) in [4.78, 5) is 14.1. The lowest BCUT2D eigenvalue weighted by Gasteiger charge is -2.35. The SMILES string of the molecule is C[C@H](OC1CCCCCC1)C(=O)N(C)CC1CC(O)C1. The van der Waals surface area contributed by atoms with Gasteiger partial charge in [0.1, 0.15) is 6.10 Å². The third-order valence-corrected chi connectivity index (χ3v) is 4.67. The quantitative estimate of drug-likeness (QED) is 0.788. The summed E-state index contributed by atoms with van der Waals surface area (Å²) in [7, 11) is 1.85. The zero-order chi connectivity index (χ0) is 14.5. The van der Waals surface area contributed by atoms with Crippen molar-refractivity contribution in [3.8, 4) is 0 Å². The molecule has 0 aromatic carbocycles. The van der Waals surface area contributed by atoms with Crippen molar-refractivity contribution in [3.63, 3.8) is 0 Å². The van der Waals surface area contributed by atoms with Crippen molar-refractivity contribution in [1.29, 1.82) is 0 Å². The molecule has 2 aliphatic rings. The predicted molar refractivity (Wildman–Crippen MR) is 78.4 cm³/mol. The first-order valence-corrected chi connectivity index (χ1v) is 8.14. The van der Waals surface area contributed by atoms with Crippen molar-refractivity contribution in [2.24, 2.45) is 5.92 Å². The van der Waals surface area contributed by atoms with Crippen LogP contribution in [0.15, 0.2) is 0 Å². The van der Waals surface area contributed by atoms with Gasteiger partial charge in [0.2, 0.25) is 0 Å². The molecule has 0 saturated heterocycles. The van der Waals surface area contributed by atoms with Crippen LogP contribution in [0.1, 0.15) is 58.3 Å². The number of aliphatic hydroxyl groups excluding tert-OH is 1. The van der Waals surface area contributed by atoms with Crippen LogP contribution < -0.4 is 0 Å². The van der Waals surface area contributed by atoms with Gasteiger partial charge in [-0.3, -0.25) is 4.79 Å². The number of amides is 1. The maximum absolute atomic E-state index is 12.3. The number of aliphatic hydroxyl groups is 1. The van der Waals surface area contributed by atoms with E-state index in [-0.39, 0.29) is 24.2 Å². The topological polar surface area (TPSA) is 49.8 Å². The third-order valence-electron chi connectivity index (χ3n) is 4.67. The Morgan fingerprint density at radius 3 is 2.40 bits per heavy atom. The molecule has 0 radical (unpaired) electrons. The molecule has 2 saturated carbocycles. The van der Waals surface area contributed by atoms with E-state index in [1.807, 2.05) is 14.0 Å².